The second-order valence-corrected chi connectivity index (χ2v) is 4.87. The van der Waals surface area contributed by atoms with Gasteiger partial charge in [-0.1, -0.05) is 26.2 Å². The molecule has 0 radical (unpaired) electrons. The second kappa shape index (κ2) is 5.39. The van der Waals surface area contributed by atoms with Crippen LogP contribution in [0.1, 0.15) is 39.0 Å². The highest BCUT2D eigenvalue weighted by molar-refractivity contribution is 5.47. The first-order chi connectivity index (χ1) is 8.20. The van der Waals surface area contributed by atoms with E-state index in [0.717, 1.165) is 18.5 Å². The molecular weight excluding hydrogens is 217 g/mol. The van der Waals surface area contributed by atoms with Gasteiger partial charge in [-0.05, 0) is 30.9 Å². The Morgan fingerprint density at radius 2 is 2.12 bits per heavy atom. The number of anilines is 1. The topological polar surface area (TPSA) is 32.3 Å². The second-order valence-electron chi connectivity index (χ2n) is 4.87. The Kier molecular flexibility index (Phi) is 3.87. The smallest absolute Gasteiger partial charge is 0.166 e. The number of phenolic OH excluding ortho intramolecular Hbond substituents is 1. The monoisotopic (exact) mass is 237 g/mol. The van der Waals surface area contributed by atoms with E-state index in [-0.39, 0.29) is 5.75 Å². The maximum Gasteiger partial charge on any atom is 0.166 e. The van der Waals surface area contributed by atoms with Crippen molar-refractivity contribution in [3.8, 4) is 5.75 Å². The van der Waals surface area contributed by atoms with Crippen molar-refractivity contribution in [2.45, 2.75) is 45.1 Å². The molecule has 3 heteroatoms. The maximum atomic E-state index is 13.2. The molecule has 1 aliphatic carbocycles. The summed E-state index contributed by atoms with van der Waals surface area (Å²) in [4.78, 5) is 0. The van der Waals surface area contributed by atoms with Crippen molar-refractivity contribution in [3.63, 3.8) is 0 Å². The maximum absolute atomic E-state index is 13.2. The summed E-state index contributed by atoms with van der Waals surface area (Å²) in [6.07, 6.45) is 6.13. The van der Waals surface area contributed by atoms with Gasteiger partial charge in [0.25, 0.3) is 0 Å². The van der Waals surface area contributed by atoms with Crippen molar-refractivity contribution < 1.29 is 9.50 Å². The lowest BCUT2D eigenvalue weighted by atomic mass is 9.83. The van der Waals surface area contributed by atoms with Gasteiger partial charge in [-0.15, -0.1) is 0 Å². The Balaban J connectivity index is 2.05. The highest BCUT2D eigenvalue weighted by Gasteiger charge is 2.23. The van der Waals surface area contributed by atoms with Crippen LogP contribution in [-0.2, 0) is 0 Å². The van der Waals surface area contributed by atoms with E-state index < -0.39 is 5.82 Å². The number of rotatable bonds is 3. The summed E-state index contributed by atoms with van der Waals surface area (Å²) in [6, 6.07) is 4.95. The molecule has 2 nitrogen and oxygen atoms in total. The van der Waals surface area contributed by atoms with E-state index in [9.17, 15) is 4.39 Å². The molecule has 1 aromatic rings. The van der Waals surface area contributed by atoms with Crippen LogP contribution in [0.5, 0.6) is 5.75 Å². The zero-order valence-electron chi connectivity index (χ0n) is 10.2. The molecule has 0 amide bonds. The molecule has 1 fully saturated rings. The number of phenols is 1. The van der Waals surface area contributed by atoms with Gasteiger partial charge in [0, 0.05) is 17.8 Å². The summed E-state index contributed by atoms with van der Waals surface area (Å²) in [5, 5.41) is 12.5. The number of hydrogen-bond donors (Lipinski definition) is 2. The number of nitrogens with one attached hydrogen (secondary N) is 1. The Labute approximate surface area is 102 Å². The van der Waals surface area contributed by atoms with Gasteiger partial charge >= 0.3 is 0 Å². The molecule has 0 bridgehead atoms. The van der Waals surface area contributed by atoms with Crippen molar-refractivity contribution in [2.75, 3.05) is 5.32 Å². The first-order valence-corrected chi connectivity index (χ1v) is 6.45. The summed E-state index contributed by atoms with van der Waals surface area (Å²) in [6.45, 7) is 2.21. The van der Waals surface area contributed by atoms with E-state index in [2.05, 4.69) is 12.2 Å². The Morgan fingerprint density at radius 3 is 2.82 bits per heavy atom. The average Bonchev–Trinajstić information content (AvgIpc) is 2.34. The minimum atomic E-state index is -0.557. The fourth-order valence-electron chi connectivity index (χ4n) is 2.70. The van der Waals surface area contributed by atoms with Crippen LogP contribution in [0.4, 0.5) is 10.1 Å². The van der Waals surface area contributed by atoms with Crippen LogP contribution in [0.15, 0.2) is 18.2 Å². The van der Waals surface area contributed by atoms with Gasteiger partial charge in [-0.2, -0.15) is 0 Å². The van der Waals surface area contributed by atoms with E-state index in [0.29, 0.717) is 12.0 Å². The number of hydrogen-bond acceptors (Lipinski definition) is 2. The largest absolute Gasteiger partial charge is 0.505 e. The van der Waals surface area contributed by atoms with Gasteiger partial charge in [0.2, 0.25) is 0 Å². The molecule has 2 N–H and O–H groups in total. The molecule has 2 rings (SSSR count). The molecule has 1 saturated carbocycles. The lowest BCUT2D eigenvalue weighted by molar-refractivity contribution is 0.317. The van der Waals surface area contributed by atoms with Crippen LogP contribution in [0, 0.1) is 11.7 Å². The predicted molar refractivity (Wildman–Crippen MR) is 67.7 cm³/mol. The van der Waals surface area contributed by atoms with Crippen molar-refractivity contribution in [1.29, 1.82) is 0 Å². The highest BCUT2D eigenvalue weighted by Crippen LogP contribution is 2.30. The minimum absolute atomic E-state index is 0.286. The minimum Gasteiger partial charge on any atom is -0.505 e. The zero-order valence-corrected chi connectivity index (χ0v) is 10.2. The summed E-state index contributed by atoms with van der Waals surface area (Å²) < 4.78 is 13.2. The van der Waals surface area contributed by atoms with E-state index in [1.54, 1.807) is 6.07 Å². The first-order valence-electron chi connectivity index (χ1n) is 6.45. The van der Waals surface area contributed by atoms with Gasteiger partial charge in [0.15, 0.2) is 11.6 Å². The summed E-state index contributed by atoms with van der Waals surface area (Å²) in [7, 11) is 0. The Bertz CT molecular complexity index is 380. The van der Waals surface area contributed by atoms with E-state index >= 15 is 0 Å². The average molecular weight is 237 g/mol. The van der Waals surface area contributed by atoms with Gasteiger partial charge in [-0.3, -0.25) is 0 Å². The predicted octanol–water partition coefficient (Wildman–Crippen LogP) is 3.91. The lowest BCUT2D eigenvalue weighted by Crippen LogP contribution is -2.31. The van der Waals surface area contributed by atoms with Crippen molar-refractivity contribution in [3.05, 3.63) is 24.0 Å². The van der Waals surface area contributed by atoms with Gasteiger partial charge in [0.1, 0.15) is 0 Å². The zero-order chi connectivity index (χ0) is 12.3. The van der Waals surface area contributed by atoms with Crippen LogP contribution >= 0.6 is 0 Å². The van der Waals surface area contributed by atoms with E-state index in [4.69, 9.17) is 5.11 Å². The molecule has 2 unspecified atom stereocenters. The fraction of sp³-hybridized carbons (Fsp3) is 0.571. The third kappa shape index (κ3) is 2.90. The molecule has 2 atom stereocenters. The summed E-state index contributed by atoms with van der Waals surface area (Å²) in [5.41, 5.74) is 0.769. The number of benzene rings is 1. The van der Waals surface area contributed by atoms with Gasteiger partial charge in [-0.25, -0.2) is 4.39 Å². The summed E-state index contributed by atoms with van der Waals surface area (Å²) in [5.74, 6) is -0.161. The van der Waals surface area contributed by atoms with Crippen molar-refractivity contribution in [2.24, 2.45) is 5.92 Å². The Morgan fingerprint density at radius 1 is 1.35 bits per heavy atom. The molecule has 1 aliphatic rings. The van der Waals surface area contributed by atoms with Crippen molar-refractivity contribution >= 4 is 5.69 Å². The van der Waals surface area contributed by atoms with Crippen LogP contribution in [0.3, 0.4) is 0 Å². The quantitative estimate of drug-likeness (QED) is 0.781. The third-order valence-corrected chi connectivity index (χ3v) is 3.73. The summed E-state index contributed by atoms with van der Waals surface area (Å²) >= 11 is 0. The molecule has 94 valence electrons. The first kappa shape index (κ1) is 12.2. The third-order valence-electron chi connectivity index (χ3n) is 3.73. The molecule has 17 heavy (non-hydrogen) atoms. The van der Waals surface area contributed by atoms with Crippen LogP contribution in [-0.4, -0.2) is 11.1 Å². The fourth-order valence-corrected chi connectivity index (χ4v) is 2.70. The van der Waals surface area contributed by atoms with E-state index in [1.165, 1.54) is 31.4 Å². The van der Waals surface area contributed by atoms with Crippen molar-refractivity contribution in [1.82, 2.24) is 0 Å². The Hall–Kier alpha value is -1.25. The SMILES string of the molecule is CCC1CCCCC1Nc1ccc(O)c(F)c1. The molecule has 0 aliphatic heterocycles. The van der Waals surface area contributed by atoms with Crippen LogP contribution in [0.2, 0.25) is 0 Å². The van der Waals surface area contributed by atoms with Crippen LogP contribution in [0.25, 0.3) is 0 Å². The normalized spacial score (nSPS) is 24.6. The van der Waals surface area contributed by atoms with Gasteiger partial charge < -0.3 is 10.4 Å². The standard InChI is InChI=1S/C14H20FNO/c1-2-10-5-3-4-6-13(10)16-11-7-8-14(17)12(15)9-11/h7-10,13,16-17H,2-6H2,1H3. The lowest BCUT2D eigenvalue weighted by Gasteiger charge is -2.32. The number of aromatic hydroxyl groups is 1. The molecule has 0 heterocycles. The molecule has 0 spiro atoms. The molecule has 1 aromatic carbocycles. The number of halogens is 1. The molecule has 0 saturated heterocycles. The van der Waals surface area contributed by atoms with Crippen LogP contribution < -0.4 is 5.32 Å². The highest BCUT2D eigenvalue weighted by atomic mass is 19.1. The molecular formula is C14H20FNO. The molecule has 0 aromatic heterocycles. The van der Waals surface area contributed by atoms with Gasteiger partial charge in [0.05, 0.1) is 0 Å². The van der Waals surface area contributed by atoms with E-state index in [1.807, 2.05) is 0 Å².